The standard InChI is InChI=1S/C15H18ClNO3/c1-10-8-17(9-11(2)20-10)13-5-3-12(14(16)7-13)4-6-15(18)19/h3-7,10-11H,8-9H2,1-2H3,(H,18,19)/b6-4+. The monoisotopic (exact) mass is 295 g/mol. The molecule has 2 rings (SSSR count). The quantitative estimate of drug-likeness (QED) is 0.871. The van der Waals surface area contributed by atoms with Gasteiger partial charge >= 0.3 is 5.97 Å². The Hall–Kier alpha value is -1.52. The Morgan fingerprint density at radius 3 is 2.60 bits per heavy atom. The maximum Gasteiger partial charge on any atom is 0.328 e. The van der Waals surface area contributed by atoms with Gasteiger partial charge in [-0.15, -0.1) is 0 Å². The van der Waals surface area contributed by atoms with Crippen LogP contribution in [-0.2, 0) is 9.53 Å². The summed E-state index contributed by atoms with van der Waals surface area (Å²) in [6, 6.07) is 5.66. The normalized spacial score (nSPS) is 23.2. The summed E-state index contributed by atoms with van der Waals surface area (Å²) in [5.41, 5.74) is 1.73. The predicted octanol–water partition coefficient (Wildman–Crippen LogP) is 3.05. The maximum absolute atomic E-state index is 10.5. The number of benzene rings is 1. The van der Waals surface area contributed by atoms with Crippen molar-refractivity contribution in [3.05, 3.63) is 34.9 Å². The number of carbonyl (C=O) groups is 1. The number of hydrogen-bond acceptors (Lipinski definition) is 3. The summed E-state index contributed by atoms with van der Waals surface area (Å²) in [6.07, 6.45) is 2.95. The lowest BCUT2D eigenvalue weighted by molar-refractivity contribution is -0.131. The molecule has 1 fully saturated rings. The molecule has 1 aromatic carbocycles. The van der Waals surface area contributed by atoms with Crippen molar-refractivity contribution in [1.82, 2.24) is 0 Å². The highest BCUT2D eigenvalue weighted by Crippen LogP contribution is 2.27. The topological polar surface area (TPSA) is 49.8 Å². The summed E-state index contributed by atoms with van der Waals surface area (Å²) in [5, 5.41) is 9.18. The van der Waals surface area contributed by atoms with E-state index in [4.69, 9.17) is 21.4 Å². The van der Waals surface area contributed by atoms with Gasteiger partial charge in [-0.2, -0.15) is 0 Å². The zero-order chi connectivity index (χ0) is 14.7. The Labute approximate surface area is 123 Å². The zero-order valence-electron chi connectivity index (χ0n) is 11.5. The molecule has 0 amide bonds. The van der Waals surface area contributed by atoms with E-state index >= 15 is 0 Å². The second kappa shape index (κ2) is 6.29. The molecule has 0 saturated carbocycles. The highest BCUT2D eigenvalue weighted by Gasteiger charge is 2.22. The molecule has 108 valence electrons. The van der Waals surface area contributed by atoms with Crippen LogP contribution in [0, 0.1) is 0 Å². The van der Waals surface area contributed by atoms with E-state index in [0.717, 1.165) is 24.9 Å². The maximum atomic E-state index is 10.5. The summed E-state index contributed by atoms with van der Waals surface area (Å²) in [7, 11) is 0. The van der Waals surface area contributed by atoms with Gasteiger partial charge in [0.15, 0.2) is 0 Å². The number of ether oxygens (including phenoxy) is 1. The van der Waals surface area contributed by atoms with Crippen molar-refractivity contribution < 1.29 is 14.6 Å². The number of hydrogen-bond donors (Lipinski definition) is 1. The first-order valence-electron chi connectivity index (χ1n) is 6.56. The number of aliphatic carboxylic acids is 1. The molecule has 2 atom stereocenters. The largest absolute Gasteiger partial charge is 0.478 e. The average Bonchev–Trinajstić information content (AvgIpc) is 2.35. The fourth-order valence-corrected chi connectivity index (χ4v) is 2.64. The Morgan fingerprint density at radius 1 is 1.40 bits per heavy atom. The van der Waals surface area contributed by atoms with Gasteiger partial charge in [0.25, 0.3) is 0 Å². The van der Waals surface area contributed by atoms with Gasteiger partial charge in [-0.25, -0.2) is 4.79 Å². The van der Waals surface area contributed by atoms with E-state index in [1.54, 1.807) is 0 Å². The van der Waals surface area contributed by atoms with Crippen LogP contribution in [-0.4, -0.2) is 36.4 Å². The van der Waals surface area contributed by atoms with Gasteiger partial charge in [0, 0.05) is 29.9 Å². The summed E-state index contributed by atoms with van der Waals surface area (Å²) in [4.78, 5) is 12.7. The third kappa shape index (κ3) is 3.74. The molecule has 0 radical (unpaired) electrons. The third-order valence-electron chi connectivity index (χ3n) is 3.17. The summed E-state index contributed by atoms with van der Waals surface area (Å²) >= 11 is 6.20. The highest BCUT2D eigenvalue weighted by atomic mass is 35.5. The van der Waals surface area contributed by atoms with Crippen molar-refractivity contribution in [3.8, 4) is 0 Å². The van der Waals surface area contributed by atoms with Gasteiger partial charge in [0.1, 0.15) is 0 Å². The molecule has 0 aliphatic carbocycles. The first-order valence-corrected chi connectivity index (χ1v) is 6.94. The first kappa shape index (κ1) is 14.9. The van der Waals surface area contributed by atoms with E-state index in [1.165, 1.54) is 6.08 Å². The van der Waals surface area contributed by atoms with Crippen molar-refractivity contribution in [2.75, 3.05) is 18.0 Å². The molecule has 5 heteroatoms. The van der Waals surface area contributed by atoms with Crippen molar-refractivity contribution in [1.29, 1.82) is 0 Å². The number of morpholine rings is 1. The lowest BCUT2D eigenvalue weighted by atomic mass is 10.1. The molecule has 1 heterocycles. The van der Waals surface area contributed by atoms with E-state index in [9.17, 15) is 4.79 Å². The Balaban J connectivity index is 2.18. The Bertz CT molecular complexity index is 520. The summed E-state index contributed by atoms with van der Waals surface area (Å²) < 4.78 is 5.71. The van der Waals surface area contributed by atoms with Crippen molar-refractivity contribution >= 4 is 29.3 Å². The molecule has 0 bridgehead atoms. The second-order valence-corrected chi connectivity index (χ2v) is 5.45. The molecule has 1 saturated heterocycles. The van der Waals surface area contributed by atoms with Crippen LogP contribution in [0.2, 0.25) is 5.02 Å². The number of anilines is 1. The van der Waals surface area contributed by atoms with Crippen LogP contribution < -0.4 is 4.90 Å². The minimum Gasteiger partial charge on any atom is -0.478 e. The average molecular weight is 296 g/mol. The smallest absolute Gasteiger partial charge is 0.328 e. The summed E-state index contributed by atoms with van der Waals surface area (Å²) in [5.74, 6) is -0.985. The van der Waals surface area contributed by atoms with Crippen LogP contribution in [0.15, 0.2) is 24.3 Å². The summed E-state index contributed by atoms with van der Waals surface area (Å²) in [6.45, 7) is 5.75. The van der Waals surface area contributed by atoms with Crippen LogP contribution in [0.1, 0.15) is 19.4 Å². The molecule has 4 nitrogen and oxygen atoms in total. The molecule has 1 aliphatic heterocycles. The van der Waals surface area contributed by atoms with Gasteiger partial charge < -0.3 is 14.7 Å². The lowest BCUT2D eigenvalue weighted by Crippen LogP contribution is -2.45. The van der Waals surface area contributed by atoms with Crippen LogP contribution in [0.5, 0.6) is 0 Å². The Morgan fingerprint density at radius 2 is 2.05 bits per heavy atom. The van der Waals surface area contributed by atoms with Gasteiger partial charge in [-0.05, 0) is 37.6 Å². The molecular weight excluding hydrogens is 278 g/mol. The number of nitrogens with zero attached hydrogens (tertiary/aromatic N) is 1. The molecule has 1 aliphatic rings. The number of halogens is 1. The van der Waals surface area contributed by atoms with E-state index in [1.807, 2.05) is 32.0 Å². The van der Waals surface area contributed by atoms with E-state index in [0.29, 0.717) is 10.6 Å². The molecule has 1 aromatic rings. The molecule has 0 aromatic heterocycles. The van der Waals surface area contributed by atoms with E-state index in [2.05, 4.69) is 4.90 Å². The fourth-order valence-electron chi connectivity index (χ4n) is 2.40. The van der Waals surface area contributed by atoms with Crippen molar-refractivity contribution in [2.24, 2.45) is 0 Å². The van der Waals surface area contributed by atoms with Crippen molar-refractivity contribution in [2.45, 2.75) is 26.1 Å². The van der Waals surface area contributed by atoms with Gasteiger partial charge in [-0.1, -0.05) is 17.7 Å². The van der Waals surface area contributed by atoms with Gasteiger partial charge in [0.2, 0.25) is 0 Å². The predicted molar refractivity (Wildman–Crippen MR) is 80.3 cm³/mol. The third-order valence-corrected chi connectivity index (χ3v) is 3.50. The highest BCUT2D eigenvalue weighted by molar-refractivity contribution is 6.32. The lowest BCUT2D eigenvalue weighted by Gasteiger charge is -2.37. The minimum absolute atomic E-state index is 0.184. The van der Waals surface area contributed by atoms with Gasteiger partial charge in [0.05, 0.1) is 12.2 Å². The fraction of sp³-hybridized carbons (Fsp3) is 0.400. The van der Waals surface area contributed by atoms with Gasteiger partial charge in [-0.3, -0.25) is 0 Å². The van der Waals surface area contributed by atoms with E-state index in [-0.39, 0.29) is 12.2 Å². The SMILES string of the molecule is CC1CN(c2ccc(/C=C/C(=O)O)c(Cl)c2)CC(C)O1. The molecule has 2 unspecified atom stereocenters. The second-order valence-electron chi connectivity index (χ2n) is 5.04. The first-order chi connectivity index (χ1) is 9.45. The number of carboxylic acid groups (broad SMARTS) is 1. The number of rotatable bonds is 3. The van der Waals surface area contributed by atoms with Crippen LogP contribution in [0.25, 0.3) is 6.08 Å². The van der Waals surface area contributed by atoms with Crippen molar-refractivity contribution in [3.63, 3.8) is 0 Å². The van der Waals surface area contributed by atoms with Crippen LogP contribution >= 0.6 is 11.6 Å². The zero-order valence-corrected chi connectivity index (χ0v) is 12.3. The molecule has 20 heavy (non-hydrogen) atoms. The van der Waals surface area contributed by atoms with Crippen LogP contribution in [0.3, 0.4) is 0 Å². The van der Waals surface area contributed by atoms with E-state index < -0.39 is 5.97 Å². The van der Waals surface area contributed by atoms with Crippen LogP contribution in [0.4, 0.5) is 5.69 Å². The minimum atomic E-state index is -0.985. The Kier molecular flexibility index (Phi) is 4.68. The number of carboxylic acids is 1. The molecule has 0 spiro atoms. The molecular formula is C15H18ClNO3. The molecule has 1 N–H and O–H groups in total.